The molecule has 0 saturated carbocycles. The van der Waals surface area contributed by atoms with Crippen molar-refractivity contribution in [1.82, 2.24) is 0 Å². The van der Waals surface area contributed by atoms with Crippen molar-refractivity contribution in [3.63, 3.8) is 0 Å². The minimum absolute atomic E-state index is 0.322. The molecule has 0 atom stereocenters. The summed E-state index contributed by atoms with van der Waals surface area (Å²) in [5.74, 6) is 0. The molecule has 0 amide bonds. The molecule has 0 saturated heterocycles. The van der Waals surface area contributed by atoms with E-state index in [1.54, 1.807) is 25.1 Å². The van der Waals surface area contributed by atoms with Crippen LogP contribution in [0.2, 0.25) is 0 Å². The molecule has 0 spiro atoms. The van der Waals surface area contributed by atoms with Crippen molar-refractivity contribution >= 4 is 43.0 Å². The second-order valence-corrected chi connectivity index (χ2v) is 8.18. The Balaban J connectivity index is 2.40. The number of aryl methyl sites for hydroxylation is 2. The van der Waals surface area contributed by atoms with E-state index in [9.17, 15) is 8.42 Å². The summed E-state index contributed by atoms with van der Waals surface area (Å²) in [5, 5.41) is 0. The van der Waals surface area contributed by atoms with Crippen molar-refractivity contribution < 1.29 is 8.42 Å². The predicted octanol–water partition coefficient (Wildman–Crippen LogP) is 3.93. The van der Waals surface area contributed by atoms with E-state index in [4.69, 9.17) is 0 Å². The monoisotopic (exact) mass is 345 g/mol. The van der Waals surface area contributed by atoms with Gasteiger partial charge < -0.3 is 0 Å². The Labute approximate surface area is 119 Å². The molecule has 0 unspecified atom stereocenters. The second-order valence-electron chi connectivity index (χ2n) is 3.89. The van der Waals surface area contributed by atoms with E-state index < -0.39 is 10.0 Å². The molecule has 2 aromatic rings. The standard InChI is InChI=1S/C12H12BrNO2S2/c1-8-5-3-4-6-10(8)14-18(15,16)11-7-12(13)17-9(11)2/h3-7,14H,1-2H3. The van der Waals surface area contributed by atoms with E-state index in [1.807, 2.05) is 19.1 Å². The smallest absolute Gasteiger partial charge is 0.263 e. The van der Waals surface area contributed by atoms with Crippen LogP contribution in [0.5, 0.6) is 0 Å². The number of hydrogen-bond donors (Lipinski definition) is 1. The van der Waals surface area contributed by atoms with Gasteiger partial charge in [-0.15, -0.1) is 11.3 Å². The largest absolute Gasteiger partial charge is 0.279 e. The van der Waals surface area contributed by atoms with E-state index in [0.29, 0.717) is 10.6 Å². The van der Waals surface area contributed by atoms with Crippen LogP contribution in [0.3, 0.4) is 0 Å². The van der Waals surface area contributed by atoms with Crippen LogP contribution in [-0.2, 0) is 10.0 Å². The summed E-state index contributed by atoms with van der Waals surface area (Å²) in [6.45, 7) is 3.66. The lowest BCUT2D eigenvalue weighted by Crippen LogP contribution is -2.13. The van der Waals surface area contributed by atoms with Crippen LogP contribution in [0, 0.1) is 13.8 Å². The Hall–Kier alpha value is -0.850. The van der Waals surface area contributed by atoms with Gasteiger partial charge in [0.05, 0.1) is 9.47 Å². The van der Waals surface area contributed by atoms with Crippen molar-refractivity contribution in [2.45, 2.75) is 18.7 Å². The third kappa shape index (κ3) is 2.76. The summed E-state index contributed by atoms with van der Waals surface area (Å²) in [5.41, 5.74) is 1.51. The molecular weight excluding hydrogens is 334 g/mol. The van der Waals surface area contributed by atoms with E-state index in [0.717, 1.165) is 14.2 Å². The van der Waals surface area contributed by atoms with Gasteiger partial charge in [0, 0.05) is 4.88 Å². The first kappa shape index (κ1) is 13.6. The number of sulfonamides is 1. The summed E-state index contributed by atoms with van der Waals surface area (Å²) in [7, 11) is -3.52. The minimum atomic E-state index is -3.52. The highest BCUT2D eigenvalue weighted by molar-refractivity contribution is 9.11. The van der Waals surface area contributed by atoms with Crippen LogP contribution >= 0.6 is 27.3 Å². The summed E-state index contributed by atoms with van der Waals surface area (Å²) in [4.78, 5) is 1.09. The van der Waals surface area contributed by atoms with Gasteiger partial charge >= 0.3 is 0 Å². The molecule has 0 bridgehead atoms. The molecule has 6 heteroatoms. The molecular formula is C12H12BrNO2S2. The molecule has 1 aromatic heterocycles. The SMILES string of the molecule is Cc1ccccc1NS(=O)(=O)c1cc(Br)sc1C. The van der Waals surface area contributed by atoms with Crippen LogP contribution in [0.1, 0.15) is 10.4 Å². The van der Waals surface area contributed by atoms with E-state index in [1.165, 1.54) is 11.3 Å². The zero-order valence-electron chi connectivity index (χ0n) is 9.90. The molecule has 1 N–H and O–H groups in total. The molecule has 2 rings (SSSR count). The first-order chi connectivity index (χ1) is 8.40. The summed E-state index contributed by atoms with van der Waals surface area (Å²) in [6, 6.07) is 8.93. The van der Waals surface area contributed by atoms with Crippen molar-refractivity contribution in [3.05, 3.63) is 44.6 Å². The van der Waals surface area contributed by atoms with Gasteiger partial charge in [0.1, 0.15) is 4.90 Å². The average Bonchev–Trinajstić information content (AvgIpc) is 2.62. The number of anilines is 1. The molecule has 96 valence electrons. The summed E-state index contributed by atoms with van der Waals surface area (Å²) in [6.07, 6.45) is 0. The van der Waals surface area contributed by atoms with Gasteiger partial charge in [-0.1, -0.05) is 18.2 Å². The maximum absolute atomic E-state index is 12.3. The Kier molecular flexibility index (Phi) is 3.79. The lowest BCUT2D eigenvalue weighted by atomic mass is 10.2. The highest BCUT2D eigenvalue weighted by atomic mass is 79.9. The molecule has 0 radical (unpaired) electrons. The average molecular weight is 346 g/mol. The van der Waals surface area contributed by atoms with Crippen molar-refractivity contribution in [3.8, 4) is 0 Å². The minimum Gasteiger partial charge on any atom is -0.279 e. The molecule has 3 nitrogen and oxygen atoms in total. The Morgan fingerprint density at radius 3 is 2.44 bits per heavy atom. The molecule has 0 aliphatic carbocycles. The fraction of sp³-hybridized carbons (Fsp3) is 0.167. The third-order valence-electron chi connectivity index (χ3n) is 2.52. The fourth-order valence-electron chi connectivity index (χ4n) is 1.58. The van der Waals surface area contributed by atoms with Crippen molar-refractivity contribution in [1.29, 1.82) is 0 Å². The van der Waals surface area contributed by atoms with Crippen molar-refractivity contribution in [2.24, 2.45) is 0 Å². The van der Waals surface area contributed by atoms with Gasteiger partial charge in [0.15, 0.2) is 0 Å². The zero-order chi connectivity index (χ0) is 13.3. The highest BCUT2D eigenvalue weighted by Crippen LogP contribution is 2.31. The van der Waals surface area contributed by atoms with Gasteiger partial charge in [-0.3, -0.25) is 4.72 Å². The first-order valence-electron chi connectivity index (χ1n) is 5.24. The normalized spacial score (nSPS) is 11.5. The lowest BCUT2D eigenvalue weighted by molar-refractivity contribution is 0.601. The highest BCUT2D eigenvalue weighted by Gasteiger charge is 2.20. The van der Waals surface area contributed by atoms with Crippen LogP contribution in [0.25, 0.3) is 0 Å². The van der Waals surface area contributed by atoms with E-state index >= 15 is 0 Å². The number of para-hydroxylation sites is 1. The van der Waals surface area contributed by atoms with Gasteiger partial charge in [-0.2, -0.15) is 0 Å². The number of hydrogen-bond acceptors (Lipinski definition) is 3. The van der Waals surface area contributed by atoms with Crippen LogP contribution in [0.15, 0.2) is 39.0 Å². The molecule has 0 aliphatic heterocycles. The van der Waals surface area contributed by atoms with Crippen LogP contribution < -0.4 is 4.72 Å². The Morgan fingerprint density at radius 1 is 1.22 bits per heavy atom. The number of benzene rings is 1. The van der Waals surface area contributed by atoms with Crippen LogP contribution in [-0.4, -0.2) is 8.42 Å². The number of halogens is 1. The lowest BCUT2D eigenvalue weighted by Gasteiger charge is -2.09. The maximum atomic E-state index is 12.3. The third-order valence-corrected chi connectivity index (χ3v) is 5.70. The topological polar surface area (TPSA) is 46.2 Å². The number of rotatable bonds is 3. The molecule has 18 heavy (non-hydrogen) atoms. The second kappa shape index (κ2) is 5.03. The summed E-state index contributed by atoms with van der Waals surface area (Å²) >= 11 is 4.71. The quantitative estimate of drug-likeness (QED) is 0.915. The van der Waals surface area contributed by atoms with Gasteiger partial charge in [-0.25, -0.2) is 8.42 Å². The predicted molar refractivity (Wildman–Crippen MR) is 78.7 cm³/mol. The van der Waals surface area contributed by atoms with Gasteiger partial charge in [0.2, 0.25) is 0 Å². The Morgan fingerprint density at radius 2 is 1.89 bits per heavy atom. The summed E-state index contributed by atoms with van der Waals surface area (Å²) < 4.78 is 28.0. The van der Waals surface area contributed by atoms with Gasteiger partial charge in [0.25, 0.3) is 10.0 Å². The van der Waals surface area contributed by atoms with Crippen molar-refractivity contribution in [2.75, 3.05) is 4.72 Å². The molecule has 1 aromatic carbocycles. The zero-order valence-corrected chi connectivity index (χ0v) is 13.1. The molecule has 0 aliphatic rings. The molecule has 0 fully saturated rings. The maximum Gasteiger partial charge on any atom is 0.263 e. The first-order valence-corrected chi connectivity index (χ1v) is 8.34. The van der Waals surface area contributed by atoms with E-state index in [-0.39, 0.29) is 0 Å². The fourth-order valence-corrected chi connectivity index (χ4v) is 5.13. The van der Waals surface area contributed by atoms with Crippen LogP contribution in [0.4, 0.5) is 5.69 Å². The van der Waals surface area contributed by atoms with Gasteiger partial charge in [-0.05, 0) is 47.5 Å². The molecule has 1 heterocycles. The number of thiophene rings is 1. The number of nitrogens with one attached hydrogen (secondary N) is 1. The van der Waals surface area contributed by atoms with E-state index in [2.05, 4.69) is 20.7 Å². The Bertz CT molecular complexity index is 677.